The molecule has 3 N–H and O–H groups in total. The van der Waals surface area contributed by atoms with Crippen molar-refractivity contribution < 1.29 is 0 Å². The second kappa shape index (κ2) is 4.73. The second-order valence-corrected chi connectivity index (χ2v) is 4.50. The Morgan fingerprint density at radius 2 is 1.90 bits per heavy atom. The van der Waals surface area contributed by atoms with E-state index in [1.807, 2.05) is 32.3 Å². The summed E-state index contributed by atoms with van der Waals surface area (Å²) < 4.78 is 0. The quantitative estimate of drug-likeness (QED) is 0.737. The molecule has 3 rings (SSSR count). The van der Waals surface area contributed by atoms with Gasteiger partial charge in [-0.05, 0) is 19.1 Å². The van der Waals surface area contributed by atoms with Crippen molar-refractivity contribution in [3.05, 3.63) is 36.3 Å². The van der Waals surface area contributed by atoms with Crippen molar-refractivity contribution >= 4 is 22.5 Å². The van der Waals surface area contributed by atoms with E-state index in [2.05, 4.69) is 25.5 Å². The van der Waals surface area contributed by atoms with Gasteiger partial charge in [-0.3, -0.25) is 4.98 Å². The molecule has 0 unspecified atom stereocenters. The molecule has 0 aliphatic carbocycles. The highest BCUT2D eigenvalue weighted by atomic mass is 15.1. The molecule has 6 nitrogen and oxygen atoms in total. The van der Waals surface area contributed by atoms with Gasteiger partial charge in [0.25, 0.3) is 0 Å². The van der Waals surface area contributed by atoms with Gasteiger partial charge in [0.2, 0.25) is 0 Å². The number of aryl methyl sites for hydroxylation is 1. The first kappa shape index (κ1) is 12.3. The van der Waals surface area contributed by atoms with Gasteiger partial charge in [-0.15, -0.1) is 5.10 Å². The minimum Gasteiger partial charge on any atom is -0.382 e. The van der Waals surface area contributed by atoms with Crippen molar-refractivity contribution in [2.24, 2.45) is 0 Å². The van der Waals surface area contributed by atoms with E-state index in [1.165, 1.54) is 0 Å². The number of pyridine rings is 2. The zero-order valence-electron chi connectivity index (χ0n) is 11.3. The molecule has 0 aliphatic heterocycles. The number of anilines is 2. The lowest BCUT2D eigenvalue weighted by Crippen LogP contribution is -1.98. The average molecular weight is 266 g/mol. The van der Waals surface area contributed by atoms with E-state index < -0.39 is 0 Å². The molecule has 0 saturated carbocycles. The molecule has 0 bridgehead atoms. The monoisotopic (exact) mass is 266 g/mol. The lowest BCUT2D eigenvalue weighted by Gasteiger charge is -2.07. The Labute approximate surface area is 116 Å². The van der Waals surface area contributed by atoms with Gasteiger partial charge in [0, 0.05) is 42.0 Å². The van der Waals surface area contributed by atoms with Gasteiger partial charge in [0.15, 0.2) is 0 Å². The molecule has 0 amide bonds. The second-order valence-electron chi connectivity index (χ2n) is 4.50. The zero-order chi connectivity index (χ0) is 14.1. The highest BCUT2D eigenvalue weighted by Crippen LogP contribution is 2.25. The number of hydrogen-bond donors (Lipinski definition) is 2. The molecule has 0 atom stereocenters. The van der Waals surface area contributed by atoms with Crippen LogP contribution in [-0.4, -0.2) is 27.2 Å². The first-order valence-electron chi connectivity index (χ1n) is 6.21. The van der Waals surface area contributed by atoms with Crippen molar-refractivity contribution in [3.8, 4) is 11.1 Å². The lowest BCUT2D eigenvalue weighted by molar-refractivity contribution is 0.993. The molecule has 3 aromatic heterocycles. The minimum absolute atomic E-state index is 0.398. The SMILES string of the molecule is CNc1cc2ncc(-c3cc(N)nnc3C)cc2cn1. The third kappa shape index (κ3) is 2.11. The topological polar surface area (TPSA) is 89.6 Å². The number of aromatic nitrogens is 4. The van der Waals surface area contributed by atoms with E-state index in [0.717, 1.165) is 33.5 Å². The van der Waals surface area contributed by atoms with Crippen LogP contribution in [0.25, 0.3) is 22.0 Å². The Morgan fingerprint density at radius 3 is 2.70 bits per heavy atom. The summed E-state index contributed by atoms with van der Waals surface area (Å²) in [6.45, 7) is 1.90. The summed E-state index contributed by atoms with van der Waals surface area (Å²) >= 11 is 0. The van der Waals surface area contributed by atoms with Crippen LogP contribution in [0.1, 0.15) is 5.69 Å². The molecular formula is C14H14N6. The van der Waals surface area contributed by atoms with E-state index in [-0.39, 0.29) is 0 Å². The van der Waals surface area contributed by atoms with Gasteiger partial charge >= 0.3 is 0 Å². The van der Waals surface area contributed by atoms with Crippen LogP contribution in [0.2, 0.25) is 0 Å². The van der Waals surface area contributed by atoms with Crippen LogP contribution < -0.4 is 11.1 Å². The molecule has 0 saturated heterocycles. The van der Waals surface area contributed by atoms with Crippen LogP contribution in [0, 0.1) is 6.92 Å². The fraction of sp³-hybridized carbons (Fsp3) is 0.143. The zero-order valence-corrected chi connectivity index (χ0v) is 11.3. The summed E-state index contributed by atoms with van der Waals surface area (Å²) in [7, 11) is 1.83. The van der Waals surface area contributed by atoms with Gasteiger partial charge in [-0.25, -0.2) is 4.98 Å². The smallest absolute Gasteiger partial charge is 0.146 e. The van der Waals surface area contributed by atoms with Crippen molar-refractivity contribution in [1.82, 2.24) is 20.2 Å². The Balaban J connectivity index is 2.15. The first-order chi connectivity index (χ1) is 9.67. The van der Waals surface area contributed by atoms with Crippen LogP contribution in [0.15, 0.2) is 30.6 Å². The lowest BCUT2D eigenvalue weighted by atomic mass is 10.1. The molecule has 0 aliphatic rings. The van der Waals surface area contributed by atoms with Gasteiger partial charge in [0.05, 0.1) is 11.2 Å². The first-order valence-corrected chi connectivity index (χ1v) is 6.21. The highest BCUT2D eigenvalue weighted by Gasteiger charge is 2.07. The van der Waals surface area contributed by atoms with Crippen molar-refractivity contribution in [2.75, 3.05) is 18.1 Å². The van der Waals surface area contributed by atoms with Crippen molar-refractivity contribution in [1.29, 1.82) is 0 Å². The third-order valence-corrected chi connectivity index (χ3v) is 3.13. The van der Waals surface area contributed by atoms with E-state index >= 15 is 0 Å². The van der Waals surface area contributed by atoms with Crippen molar-refractivity contribution in [2.45, 2.75) is 6.92 Å². The Kier molecular flexibility index (Phi) is 2.90. The molecule has 6 heteroatoms. The predicted octanol–water partition coefficient (Wildman–Crippen LogP) is 2.02. The number of nitrogens with one attached hydrogen (secondary N) is 1. The molecular weight excluding hydrogens is 252 g/mol. The predicted molar refractivity (Wildman–Crippen MR) is 79.3 cm³/mol. The third-order valence-electron chi connectivity index (χ3n) is 3.13. The highest BCUT2D eigenvalue weighted by molar-refractivity contribution is 5.85. The van der Waals surface area contributed by atoms with E-state index in [1.54, 1.807) is 12.3 Å². The van der Waals surface area contributed by atoms with E-state index in [4.69, 9.17) is 5.73 Å². The number of nitrogens with two attached hydrogens (primary N) is 1. The number of nitrogens with zero attached hydrogens (tertiary/aromatic N) is 4. The van der Waals surface area contributed by atoms with E-state index in [9.17, 15) is 0 Å². The Morgan fingerprint density at radius 1 is 1.05 bits per heavy atom. The maximum absolute atomic E-state index is 5.70. The van der Waals surface area contributed by atoms with E-state index in [0.29, 0.717) is 5.82 Å². The molecule has 3 aromatic rings. The summed E-state index contributed by atoms with van der Waals surface area (Å²) in [5.74, 6) is 1.19. The standard InChI is InChI=1S/C14H14N6/c1-8-11(4-13(15)20-19-8)9-3-10-7-18-14(16-2)5-12(10)17-6-9/h3-7H,1-2H3,(H2,15,20)(H,16,18). The van der Waals surface area contributed by atoms with Gasteiger partial charge in [-0.1, -0.05) is 0 Å². The number of rotatable bonds is 2. The fourth-order valence-electron chi connectivity index (χ4n) is 2.07. The molecule has 100 valence electrons. The van der Waals surface area contributed by atoms with Crippen LogP contribution >= 0.6 is 0 Å². The van der Waals surface area contributed by atoms with Crippen LogP contribution in [0.4, 0.5) is 11.6 Å². The number of fused-ring (bicyclic) bond motifs is 1. The molecule has 0 spiro atoms. The van der Waals surface area contributed by atoms with Gasteiger partial charge in [0.1, 0.15) is 11.6 Å². The minimum atomic E-state index is 0.398. The summed E-state index contributed by atoms with van der Waals surface area (Å²) in [4.78, 5) is 8.76. The van der Waals surface area contributed by atoms with Crippen LogP contribution in [0.3, 0.4) is 0 Å². The summed E-state index contributed by atoms with van der Waals surface area (Å²) in [6, 6.07) is 5.74. The maximum Gasteiger partial charge on any atom is 0.146 e. The van der Waals surface area contributed by atoms with Gasteiger partial charge in [-0.2, -0.15) is 5.10 Å². The molecule has 20 heavy (non-hydrogen) atoms. The molecule has 0 radical (unpaired) electrons. The fourth-order valence-corrected chi connectivity index (χ4v) is 2.07. The summed E-state index contributed by atoms with van der Waals surface area (Å²) in [6.07, 6.45) is 3.61. The average Bonchev–Trinajstić information content (AvgIpc) is 2.48. The Bertz CT molecular complexity index is 784. The Hall–Kier alpha value is -2.76. The molecule has 0 fully saturated rings. The van der Waals surface area contributed by atoms with Gasteiger partial charge < -0.3 is 11.1 Å². The largest absolute Gasteiger partial charge is 0.382 e. The van der Waals surface area contributed by atoms with Crippen LogP contribution in [-0.2, 0) is 0 Å². The molecule has 0 aromatic carbocycles. The van der Waals surface area contributed by atoms with Crippen LogP contribution in [0.5, 0.6) is 0 Å². The maximum atomic E-state index is 5.70. The number of nitrogen functional groups attached to an aromatic ring is 1. The molecule has 3 heterocycles. The normalized spacial score (nSPS) is 10.7. The number of hydrogen-bond acceptors (Lipinski definition) is 6. The van der Waals surface area contributed by atoms with Crippen molar-refractivity contribution in [3.63, 3.8) is 0 Å². The summed E-state index contributed by atoms with van der Waals surface area (Å²) in [5, 5.41) is 11.8. The summed E-state index contributed by atoms with van der Waals surface area (Å²) in [5.41, 5.74) is 9.30.